The van der Waals surface area contributed by atoms with Gasteiger partial charge < -0.3 is 5.11 Å². The first-order valence-corrected chi connectivity index (χ1v) is 9.90. The quantitative estimate of drug-likeness (QED) is 0.795. The molecule has 140 valence electrons. The number of hydrogen-bond donors (Lipinski definition) is 1. The van der Waals surface area contributed by atoms with E-state index in [1.54, 1.807) is 17.4 Å². The molecule has 0 unspecified atom stereocenters. The van der Waals surface area contributed by atoms with Crippen LogP contribution >= 0.6 is 11.3 Å². The number of carboxylic acids is 1. The summed E-state index contributed by atoms with van der Waals surface area (Å²) in [5.41, 5.74) is 0.662. The van der Waals surface area contributed by atoms with Crippen molar-refractivity contribution in [1.82, 2.24) is 9.80 Å². The van der Waals surface area contributed by atoms with Gasteiger partial charge >= 0.3 is 5.97 Å². The van der Waals surface area contributed by atoms with Crippen molar-refractivity contribution in [2.75, 3.05) is 26.2 Å². The van der Waals surface area contributed by atoms with E-state index in [9.17, 15) is 9.18 Å². The van der Waals surface area contributed by atoms with Crippen LogP contribution in [0.4, 0.5) is 4.39 Å². The Morgan fingerprint density at radius 2 is 2.00 bits per heavy atom. The SMILES string of the molecule is CCN(CC(=O)O)C1CCN(Cc2ccc(-c3ccccc3F)s2)CC1. The van der Waals surface area contributed by atoms with Gasteiger partial charge in [0.05, 0.1) is 6.54 Å². The molecule has 2 aromatic rings. The van der Waals surface area contributed by atoms with E-state index in [-0.39, 0.29) is 12.4 Å². The molecule has 0 bridgehead atoms. The largest absolute Gasteiger partial charge is 0.480 e. The van der Waals surface area contributed by atoms with Gasteiger partial charge in [0, 0.05) is 41.0 Å². The summed E-state index contributed by atoms with van der Waals surface area (Å²) in [4.78, 5) is 17.6. The number of carbonyl (C=O) groups is 1. The molecule has 1 aliphatic rings. The minimum atomic E-state index is -0.756. The highest BCUT2D eigenvalue weighted by Crippen LogP contribution is 2.31. The number of rotatable bonds is 7. The summed E-state index contributed by atoms with van der Waals surface area (Å²) in [6.45, 7) is 5.72. The van der Waals surface area contributed by atoms with Gasteiger partial charge in [0.15, 0.2) is 0 Å². The molecule has 0 amide bonds. The highest BCUT2D eigenvalue weighted by atomic mass is 32.1. The van der Waals surface area contributed by atoms with Crippen molar-refractivity contribution in [3.63, 3.8) is 0 Å². The van der Waals surface area contributed by atoms with Gasteiger partial charge in [-0.2, -0.15) is 0 Å². The van der Waals surface area contributed by atoms with Crippen molar-refractivity contribution in [3.8, 4) is 10.4 Å². The second-order valence-electron chi connectivity index (χ2n) is 6.71. The zero-order chi connectivity index (χ0) is 18.5. The van der Waals surface area contributed by atoms with Gasteiger partial charge in [-0.25, -0.2) is 4.39 Å². The highest BCUT2D eigenvalue weighted by molar-refractivity contribution is 7.15. The molecule has 26 heavy (non-hydrogen) atoms. The van der Waals surface area contributed by atoms with Gasteiger partial charge in [0.2, 0.25) is 0 Å². The van der Waals surface area contributed by atoms with E-state index >= 15 is 0 Å². The number of piperidine rings is 1. The number of halogens is 1. The lowest BCUT2D eigenvalue weighted by Gasteiger charge is -2.37. The van der Waals surface area contributed by atoms with Crippen LogP contribution in [0.25, 0.3) is 10.4 Å². The fourth-order valence-corrected chi connectivity index (χ4v) is 4.68. The van der Waals surface area contributed by atoms with E-state index in [1.165, 1.54) is 10.9 Å². The number of aliphatic carboxylic acids is 1. The lowest BCUT2D eigenvalue weighted by atomic mass is 10.0. The molecule has 3 rings (SSSR count). The number of likely N-dealkylation sites (tertiary alicyclic amines) is 1. The first-order valence-electron chi connectivity index (χ1n) is 9.08. The summed E-state index contributed by atoms with van der Waals surface area (Å²) in [5.74, 6) is -0.937. The van der Waals surface area contributed by atoms with Gasteiger partial charge in [0.1, 0.15) is 5.82 Å². The summed E-state index contributed by atoms with van der Waals surface area (Å²) < 4.78 is 13.9. The Kier molecular flexibility index (Phi) is 6.40. The maximum absolute atomic E-state index is 13.9. The van der Waals surface area contributed by atoms with Crippen LogP contribution < -0.4 is 0 Å². The lowest BCUT2D eigenvalue weighted by Crippen LogP contribution is -2.46. The Bertz CT molecular complexity index is 741. The first kappa shape index (κ1) is 19.0. The lowest BCUT2D eigenvalue weighted by molar-refractivity contribution is -0.139. The number of benzene rings is 1. The summed E-state index contributed by atoms with van der Waals surface area (Å²) >= 11 is 1.64. The minimum absolute atomic E-state index is 0.123. The van der Waals surface area contributed by atoms with Crippen LogP contribution in [0.1, 0.15) is 24.6 Å². The van der Waals surface area contributed by atoms with E-state index in [2.05, 4.69) is 15.9 Å². The molecule has 1 aromatic heterocycles. The number of hydrogen-bond acceptors (Lipinski definition) is 4. The molecule has 1 fully saturated rings. The van der Waals surface area contributed by atoms with E-state index in [0.29, 0.717) is 11.6 Å². The van der Waals surface area contributed by atoms with Gasteiger partial charge in [-0.1, -0.05) is 25.1 Å². The van der Waals surface area contributed by atoms with Crippen molar-refractivity contribution >= 4 is 17.3 Å². The third-order valence-electron chi connectivity index (χ3n) is 5.00. The summed E-state index contributed by atoms with van der Waals surface area (Å²) in [6, 6.07) is 11.3. The van der Waals surface area contributed by atoms with E-state index in [0.717, 1.165) is 43.9 Å². The standard InChI is InChI=1S/C20H25FN2O2S/c1-2-23(14-20(24)25)15-9-11-22(12-10-15)13-16-7-8-19(26-16)17-5-3-4-6-18(17)21/h3-8,15H,2,9-14H2,1H3,(H,24,25). The molecule has 1 saturated heterocycles. The molecule has 6 heteroatoms. The molecular weight excluding hydrogens is 351 g/mol. The Balaban J connectivity index is 1.55. The van der Waals surface area contributed by atoms with Crippen LogP contribution in [0.15, 0.2) is 36.4 Å². The Morgan fingerprint density at radius 1 is 1.27 bits per heavy atom. The average molecular weight is 376 g/mol. The topological polar surface area (TPSA) is 43.8 Å². The first-order chi connectivity index (χ1) is 12.6. The monoisotopic (exact) mass is 376 g/mol. The van der Waals surface area contributed by atoms with Crippen LogP contribution in [0.3, 0.4) is 0 Å². The predicted octanol–water partition coefficient (Wildman–Crippen LogP) is 3.93. The van der Waals surface area contributed by atoms with Gasteiger partial charge in [0.25, 0.3) is 0 Å². The fourth-order valence-electron chi connectivity index (χ4n) is 3.60. The number of carboxylic acid groups (broad SMARTS) is 1. The summed E-state index contributed by atoms with van der Waals surface area (Å²) in [5, 5.41) is 9.03. The molecule has 2 heterocycles. The number of nitrogens with zero attached hydrogens (tertiary/aromatic N) is 2. The smallest absolute Gasteiger partial charge is 0.317 e. The summed E-state index contributed by atoms with van der Waals surface area (Å²) in [6.07, 6.45) is 1.99. The van der Waals surface area contributed by atoms with Gasteiger partial charge in [-0.15, -0.1) is 11.3 Å². The fraction of sp³-hybridized carbons (Fsp3) is 0.450. The minimum Gasteiger partial charge on any atom is -0.480 e. The zero-order valence-corrected chi connectivity index (χ0v) is 15.8. The van der Waals surface area contributed by atoms with E-state index in [1.807, 2.05) is 25.1 Å². The third-order valence-corrected chi connectivity index (χ3v) is 6.10. The normalized spacial score (nSPS) is 16.3. The number of likely N-dealkylation sites (N-methyl/N-ethyl adjacent to an activating group) is 1. The second kappa shape index (κ2) is 8.75. The van der Waals surface area contributed by atoms with Gasteiger partial charge in [-0.3, -0.25) is 14.6 Å². The Labute approximate surface area is 157 Å². The Morgan fingerprint density at radius 3 is 2.65 bits per heavy atom. The van der Waals surface area contributed by atoms with Crippen LogP contribution in [-0.4, -0.2) is 53.1 Å². The zero-order valence-electron chi connectivity index (χ0n) is 15.0. The molecule has 0 aliphatic carbocycles. The predicted molar refractivity (Wildman–Crippen MR) is 103 cm³/mol. The van der Waals surface area contributed by atoms with Crippen LogP contribution in [0.2, 0.25) is 0 Å². The van der Waals surface area contributed by atoms with Crippen molar-refractivity contribution in [1.29, 1.82) is 0 Å². The van der Waals surface area contributed by atoms with Gasteiger partial charge in [-0.05, 0) is 37.6 Å². The molecule has 0 spiro atoms. The maximum atomic E-state index is 13.9. The van der Waals surface area contributed by atoms with Crippen molar-refractivity contribution in [3.05, 3.63) is 47.1 Å². The molecule has 1 aliphatic heterocycles. The summed E-state index contributed by atoms with van der Waals surface area (Å²) in [7, 11) is 0. The third kappa shape index (κ3) is 4.69. The number of thiophene rings is 1. The Hall–Kier alpha value is -1.76. The van der Waals surface area contributed by atoms with Crippen LogP contribution in [-0.2, 0) is 11.3 Å². The molecular formula is C20H25FN2O2S. The van der Waals surface area contributed by atoms with E-state index in [4.69, 9.17) is 5.11 Å². The van der Waals surface area contributed by atoms with Crippen LogP contribution in [0, 0.1) is 5.82 Å². The molecule has 0 atom stereocenters. The van der Waals surface area contributed by atoms with Crippen LogP contribution in [0.5, 0.6) is 0 Å². The van der Waals surface area contributed by atoms with E-state index < -0.39 is 5.97 Å². The maximum Gasteiger partial charge on any atom is 0.317 e. The molecule has 0 radical (unpaired) electrons. The molecule has 1 N–H and O–H groups in total. The van der Waals surface area contributed by atoms with Crippen molar-refractivity contribution in [2.45, 2.75) is 32.4 Å². The average Bonchev–Trinajstić information content (AvgIpc) is 3.09. The molecule has 4 nitrogen and oxygen atoms in total. The molecule has 0 saturated carbocycles. The van der Waals surface area contributed by atoms with Crippen molar-refractivity contribution < 1.29 is 14.3 Å². The highest BCUT2D eigenvalue weighted by Gasteiger charge is 2.25. The molecule has 1 aromatic carbocycles. The second-order valence-corrected chi connectivity index (χ2v) is 7.88. The van der Waals surface area contributed by atoms with Crippen molar-refractivity contribution in [2.24, 2.45) is 0 Å².